The van der Waals surface area contributed by atoms with Crippen molar-refractivity contribution in [1.82, 2.24) is 0 Å². The van der Waals surface area contributed by atoms with Gasteiger partial charge in [-0.15, -0.1) is 0 Å². The zero-order chi connectivity index (χ0) is 53.5. The van der Waals surface area contributed by atoms with Gasteiger partial charge in [0.2, 0.25) is 0 Å². The summed E-state index contributed by atoms with van der Waals surface area (Å²) < 4.78 is 241. The van der Waals surface area contributed by atoms with Crippen molar-refractivity contribution in [3.05, 3.63) is 169 Å². The molecule has 10 aromatic rings. The number of benzene rings is 9. The molecule has 1 aromatic heterocycles. The Hall–Kier alpha value is -6.18. The maximum Gasteiger partial charge on any atom is 0.136 e. The molecule has 0 spiro atoms. The second-order valence-electron chi connectivity index (χ2n) is 10.4. The fourth-order valence-electron chi connectivity index (χ4n) is 5.94. The van der Waals surface area contributed by atoms with E-state index in [1.807, 2.05) is 0 Å². The lowest BCUT2D eigenvalue weighted by Gasteiger charge is -2.20. The van der Waals surface area contributed by atoms with E-state index in [2.05, 4.69) is 0 Å². The van der Waals surface area contributed by atoms with Gasteiger partial charge in [-0.3, -0.25) is 0 Å². The topological polar surface area (TPSA) is 13.1 Å². The standard InChI is InChI=1S/C46H28O/c1-2-13-31-27-32(24-23-29(31)11-1)33-25-26-38-41(28-33)45(40-20-10-22-43-46(40)39-18-7-8-21-42(39)47-43)37-17-6-5-16-36(37)44(38)35-19-9-14-30-12-3-4-15-34(30)35/h1-28H/i1D,2D,3D,4D,5D,6D,7D,8D,9D,10D,11D,12D,13D,14D,15D,16D,17D,18D,19D,20D,21D,22D,23D,26D,27D,28D. The highest BCUT2D eigenvalue weighted by atomic mass is 16.3. The highest BCUT2D eigenvalue weighted by molar-refractivity contribution is 6.27. The summed E-state index contributed by atoms with van der Waals surface area (Å²) in [6, 6.07) is -19.6. The largest absolute Gasteiger partial charge is 0.456 e. The average Bonchev–Trinajstić information content (AvgIpc) is 3.76. The van der Waals surface area contributed by atoms with Gasteiger partial charge in [-0.2, -0.15) is 0 Å². The Morgan fingerprint density at radius 2 is 0.915 bits per heavy atom. The lowest BCUT2D eigenvalue weighted by atomic mass is 9.83. The molecule has 1 heteroatoms. The molecular weight excluding hydrogens is 569 g/mol. The predicted octanol–water partition coefficient (Wildman–Crippen LogP) is 13.2. The maximum absolute atomic E-state index is 10.2. The van der Waals surface area contributed by atoms with E-state index in [-0.39, 0.29) is 5.39 Å². The smallest absolute Gasteiger partial charge is 0.136 e. The molecule has 10 rings (SSSR count). The Bertz CT molecular complexity index is 4320. The quantitative estimate of drug-likeness (QED) is 0.179. The second kappa shape index (κ2) is 10.2. The van der Waals surface area contributed by atoms with Gasteiger partial charge in [0, 0.05) is 10.8 Å². The van der Waals surface area contributed by atoms with Gasteiger partial charge in [-0.1, -0.05) is 145 Å². The van der Waals surface area contributed by atoms with Crippen LogP contribution in [-0.4, -0.2) is 0 Å². The first kappa shape index (κ1) is 11.3. The van der Waals surface area contributed by atoms with E-state index in [0.717, 1.165) is 12.1 Å². The van der Waals surface area contributed by atoms with Crippen molar-refractivity contribution < 1.29 is 40.1 Å². The third kappa shape index (κ3) is 3.97. The molecule has 0 saturated heterocycles. The molecule has 0 radical (unpaired) electrons. The second-order valence-corrected chi connectivity index (χ2v) is 10.4. The Labute approximate surface area is 308 Å². The third-order valence-corrected chi connectivity index (χ3v) is 7.92. The van der Waals surface area contributed by atoms with Crippen LogP contribution in [0.2, 0.25) is 0 Å². The molecule has 9 aromatic carbocycles. The Balaban J connectivity index is 1.61. The van der Waals surface area contributed by atoms with E-state index in [1.54, 1.807) is 0 Å². The highest BCUT2D eigenvalue weighted by Gasteiger charge is 2.21. The molecule has 0 aliphatic rings. The molecule has 0 saturated carbocycles. The Kier molecular flexibility index (Phi) is 2.44. The monoisotopic (exact) mass is 622 g/mol. The average molecular weight is 623 g/mol. The van der Waals surface area contributed by atoms with Crippen molar-refractivity contribution in [2.45, 2.75) is 0 Å². The Morgan fingerprint density at radius 1 is 0.362 bits per heavy atom. The summed E-state index contributed by atoms with van der Waals surface area (Å²) in [6.07, 6.45) is 0. The molecule has 218 valence electrons. The summed E-state index contributed by atoms with van der Waals surface area (Å²) in [5.41, 5.74) is -4.62. The number of hydrogen-bond donors (Lipinski definition) is 0. The van der Waals surface area contributed by atoms with Crippen molar-refractivity contribution in [3.8, 4) is 33.4 Å². The molecule has 0 aliphatic heterocycles. The van der Waals surface area contributed by atoms with Gasteiger partial charge >= 0.3 is 0 Å². The summed E-state index contributed by atoms with van der Waals surface area (Å²) in [5, 5.41) is -5.61. The van der Waals surface area contributed by atoms with Gasteiger partial charge in [0.1, 0.15) is 11.2 Å². The first-order chi connectivity index (χ1) is 34.1. The fraction of sp³-hybridized carbons (Fsp3) is 0. The minimum Gasteiger partial charge on any atom is -0.456 e. The highest BCUT2D eigenvalue weighted by Crippen LogP contribution is 2.48. The van der Waals surface area contributed by atoms with Crippen LogP contribution in [-0.2, 0) is 0 Å². The molecule has 0 aliphatic carbocycles. The number of fused-ring (bicyclic) bond motifs is 7. The van der Waals surface area contributed by atoms with Gasteiger partial charge in [0.25, 0.3) is 0 Å². The molecule has 0 N–H and O–H groups in total. The van der Waals surface area contributed by atoms with E-state index in [4.69, 9.17) is 30.5 Å². The molecule has 1 heterocycles. The fourth-order valence-corrected chi connectivity index (χ4v) is 5.94. The van der Waals surface area contributed by atoms with Gasteiger partial charge in [-0.25, -0.2) is 0 Å². The van der Waals surface area contributed by atoms with Crippen LogP contribution in [0.4, 0.5) is 0 Å². The van der Waals surface area contributed by atoms with Crippen LogP contribution < -0.4 is 0 Å². The van der Waals surface area contributed by atoms with Crippen LogP contribution in [0, 0.1) is 0 Å². The van der Waals surface area contributed by atoms with E-state index >= 15 is 0 Å². The van der Waals surface area contributed by atoms with E-state index < -0.39 is 250 Å². The van der Waals surface area contributed by atoms with Crippen LogP contribution in [0.1, 0.15) is 35.6 Å². The first-order valence-electron chi connectivity index (χ1n) is 27.1. The molecule has 0 amide bonds. The summed E-state index contributed by atoms with van der Waals surface area (Å²) >= 11 is 0. The minimum atomic E-state index is -0.973. The van der Waals surface area contributed by atoms with Crippen LogP contribution in [0.3, 0.4) is 0 Å². The zero-order valence-electron chi connectivity index (χ0n) is 49.6. The molecule has 0 atom stereocenters. The van der Waals surface area contributed by atoms with Crippen molar-refractivity contribution in [2.75, 3.05) is 0 Å². The number of hydrogen-bond acceptors (Lipinski definition) is 1. The number of rotatable bonds is 3. The predicted molar refractivity (Wildman–Crippen MR) is 200 cm³/mol. The molecule has 0 fully saturated rings. The van der Waals surface area contributed by atoms with Crippen LogP contribution in [0.5, 0.6) is 0 Å². The molecular formula is C46H28O. The lowest BCUT2D eigenvalue weighted by Crippen LogP contribution is -1.93. The molecule has 0 unspecified atom stereocenters. The molecule has 47 heavy (non-hydrogen) atoms. The number of furan rings is 1. The van der Waals surface area contributed by atoms with Gasteiger partial charge in [0.15, 0.2) is 0 Å². The zero-order valence-corrected chi connectivity index (χ0v) is 23.6. The third-order valence-electron chi connectivity index (χ3n) is 7.92. The lowest BCUT2D eigenvalue weighted by molar-refractivity contribution is 0.669. The van der Waals surface area contributed by atoms with E-state index in [0.29, 0.717) is 0 Å². The van der Waals surface area contributed by atoms with Crippen molar-refractivity contribution in [3.63, 3.8) is 0 Å². The van der Waals surface area contributed by atoms with Crippen molar-refractivity contribution >= 4 is 65.0 Å². The summed E-state index contributed by atoms with van der Waals surface area (Å²) in [6.45, 7) is 0. The number of para-hydroxylation sites is 1. The van der Waals surface area contributed by atoms with Crippen molar-refractivity contribution in [2.24, 2.45) is 0 Å². The van der Waals surface area contributed by atoms with Gasteiger partial charge in [-0.05, 0) is 101 Å². The SMILES string of the molecule is [2H]c1c([2H])c([2H])c2c(oc3c([2H])c([2H])c([2H])c(-c4c5c([2H])c(-c6cc([2H])c7c([2H])c([2H])c([2H])c([2H])c7c6[2H])cc([2H])c5c(-c5c([2H])c([2H])c([2H])c6c([2H])c([2H])c([2H])c([2H])c56)c5c([2H])c([2H])c([2H])c([2H])c45)c32)c1[2H]. The molecule has 1 nitrogen and oxygen atoms in total. The van der Waals surface area contributed by atoms with Crippen LogP contribution in [0.25, 0.3) is 98.4 Å². The van der Waals surface area contributed by atoms with E-state index in [1.165, 1.54) is 0 Å². The van der Waals surface area contributed by atoms with E-state index in [9.17, 15) is 9.60 Å². The summed E-state index contributed by atoms with van der Waals surface area (Å²) in [7, 11) is 0. The normalized spacial score (nSPS) is 19.6. The van der Waals surface area contributed by atoms with Gasteiger partial charge in [0.05, 0.1) is 35.6 Å². The summed E-state index contributed by atoms with van der Waals surface area (Å²) in [5.74, 6) is 0. The first-order valence-corrected chi connectivity index (χ1v) is 14.1. The molecule has 0 bridgehead atoms. The minimum absolute atomic E-state index is 0.373. The summed E-state index contributed by atoms with van der Waals surface area (Å²) in [4.78, 5) is 0. The van der Waals surface area contributed by atoms with Gasteiger partial charge < -0.3 is 4.42 Å². The van der Waals surface area contributed by atoms with Crippen molar-refractivity contribution in [1.29, 1.82) is 0 Å². The van der Waals surface area contributed by atoms with Crippen LogP contribution >= 0.6 is 0 Å². The maximum atomic E-state index is 10.2. The Morgan fingerprint density at radius 3 is 1.77 bits per heavy atom. The van der Waals surface area contributed by atoms with Crippen LogP contribution in [0.15, 0.2) is 174 Å².